The molecule has 2 aromatic rings. The van der Waals surface area contributed by atoms with Gasteiger partial charge in [-0.15, -0.1) is 0 Å². The summed E-state index contributed by atoms with van der Waals surface area (Å²) in [6.45, 7) is 8.70. The molecule has 1 saturated heterocycles. The predicted octanol–water partition coefficient (Wildman–Crippen LogP) is 4.90. The van der Waals surface area contributed by atoms with Gasteiger partial charge in [0, 0.05) is 36.8 Å². The van der Waals surface area contributed by atoms with E-state index < -0.39 is 23.6 Å². The van der Waals surface area contributed by atoms with Crippen LogP contribution in [0.15, 0.2) is 36.4 Å². The summed E-state index contributed by atoms with van der Waals surface area (Å²) in [4.78, 5) is 30.1. The average molecular weight is 487 g/mol. The Labute approximate surface area is 203 Å². The van der Waals surface area contributed by atoms with Gasteiger partial charge in [-0.3, -0.25) is 9.59 Å². The Hall–Kier alpha value is -3.38. The lowest BCUT2D eigenvalue weighted by atomic mass is 10.0. The molecule has 1 aliphatic rings. The second kappa shape index (κ2) is 10.9. The summed E-state index contributed by atoms with van der Waals surface area (Å²) in [5.74, 6) is -1.52. The molecule has 1 N–H and O–H groups in total. The summed E-state index contributed by atoms with van der Waals surface area (Å²) in [5.41, 5.74) is 1.35. The van der Waals surface area contributed by atoms with Crippen LogP contribution in [0.3, 0.4) is 0 Å². The van der Waals surface area contributed by atoms with E-state index in [1.54, 1.807) is 17.9 Å². The lowest BCUT2D eigenvalue weighted by molar-refractivity contribution is -0.137. The fourth-order valence-corrected chi connectivity index (χ4v) is 4.18. The first-order valence-electron chi connectivity index (χ1n) is 11.5. The third-order valence-electron chi connectivity index (χ3n) is 6.15. The van der Waals surface area contributed by atoms with Crippen molar-refractivity contribution in [2.24, 2.45) is 5.92 Å². The molecule has 0 radical (unpaired) electrons. The number of nitrogens with one attached hydrogen (secondary N) is 1. The number of likely N-dealkylation sites (tertiary alicyclic amines) is 1. The number of alkyl halides is 3. The number of nitrogens with zero attached hydrogens (tertiary/aromatic N) is 3. The number of para-hydroxylation sites is 1. The third kappa shape index (κ3) is 6.61. The summed E-state index contributed by atoms with van der Waals surface area (Å²) in [6.07, 6.45) is -3.73. The van der Waals surface area contributed by atoms with Crippen LogP contribution in [-0.2, 0) is 15.8 Å². The van der Waals surface area contributed by atoms with Gasteiger partial charge in [0.15, 0.2) is 0 Å². The molecule has 0 spiro atoms. The number of amides is 2. The molecule has 0 bridgehead atoms. The van der Waals surface area contributed by atoms with E-state index in [0.29, 0.717) is 6.54 Å². The van der Waals surface area contributed by atoms with Crippen molar-refractivity contribution in [3.05, 3.63) is 58.7 Å². The Morgan fingerprint density at radius 1 is 1.17 bits per heavy atom. The molecule has 1 atom stereocenters. The fourth-order valence-electron chi connectivity index (χ4n) is 4.18. The normalized spacial score (nSPS) is 14.5. The van der Waals surface area contributed by atoms with Crippen LogP contribution < -0.4 is 10.2 Å². The van der Waals surface area contributed by atoms with Gasteiger partial charge < -0.3 is 15.1 Å². The largest absolute Gasteiger partial charge is 0.416 e. The number of nitriles is 1. The lowest BCUT2D eigenvalue weighted by Crippen LogP contribution is -2.46. The van der Waals surface area contributed by atoms with E-state index in [-0.39, 0.29) is 23.6 Å². The van der Waals surface area contributed by atoms with Gasteiger partial charge in [0.2, 0.25) is 11.8 Å². The van der Waals surface area contributed by atoms with Crippen molar-refractivity contribution in [3.8, 4) is 6.07 Å². The Bertz CT molecular complexity index is 1120. The van der Waals surface area contributed by atoms with Gasteiger partial charge in [-0.25, -0.2) is 0 Å². The van der Waals surface area contributed by atoms with E-state index in [0.717, 1.165) is 55.0 Å². The molecule has 1 aliphatic heterocycles. The van der Waals surface area contributed by atoms with Gasteiger partial charge in [-0.2, -0.15) is 18.4 Å². The minimum atomic E-state index is -4.65. The molecule has 1 unspecified atom stereocenters. The van der Waals surface area contributed by atoms with E-state index in [1.807, 2.05) is 32.0 Å². The van der Waals surface area contributed by atoms with Crippen LogP contribution in [-0.4, -0.2) is 42.9 Å². The molecule has 2 aromatic carbocycles. The Morgan fingerprint density at radius 2 is 1.83 bits per heavy atom. The highest BCUT2D eigenvalue weighted by atomic mass is 19.4. The maximum Gasteiger partial charge on any atom is 0.416 e. The Kier molecular flexibility index (Phi) is 8.18. The zero-order valence-corrected chi connectivity index (χ0v) is 20.1. The van der Waals surface area contributed by atoms with Crippen molar-refractivity contribution in [2.75, 3.05) is 36.4 Å². The van der Waals surface area contributed by atoms with Crippen LogP contribution in [0.1, 0.15) is 42.0 Å². The zero-order chi connectivity index (χ0) is 25.8. The lowest BCUT2D eigenvalue weighted by Gasteiger charge is -2.35. The number of aryl methyl sites for hydroxylation is 2. The Morgan fingerprint density at radius 3 is 2.37 bits per heavy atom. The van der Waals surface area contributed by atoms with E-state index in [1.165, 1.54) is 6.07 Å². The number of hydrogen-bond donors (Lipinski definition) is 1. The molecule has 6 nitrogen and oxygen atoms in total. The van der Waals surface area contributed by atoms with Gasteiger partial charge in [-0.1, -0.05) is 25.1 Å². The maximum atomic E-state index is 13.5. The van der Waals surface area contributed by atoms with Gasteiger partial charge >= 0.3 is 6.18 Å². The summed E-state index contributed by atoms with van der Waals surface area (Å²) in [6, 6.07) is 10.1. The van der Waals surface area contributed by atoms with Crippen molar-refractivity contribution in [1.82, 2.24) is 4.90 Å². The first-order valence-corrected chi connectivity index (χ1v) is 11.5. The second-order valence-electron chi connectivity index (χ2n) is 8.99. The van der Waals surface area contributed by atoms with Crippen LogP contribution in [0.2, 0.25) is 0 Å². The molecular weight excluding hydrogens is 457 g/mol. The topological polar surface area (TPSA) is 76.4 Å². The predicted molar refractivity (Wildman–Crippen MR) is 128 cm³/mol. The second-order valence-corrected chi connectivity index (χ2v) is 8.99. The molecule has 186 valence electrons. The summed E-state index contributed by atoms with van der Waals surface area (Å²) in [5, 5.41) is 11.5. The van der Waals surface area contributed by atoms with Gasteiger partial charge in [0.25, 0.3) is 0 Å². The minimum Gasteiger partial charge on any atom is -0.326 e. The minimum absolute atomic E-state index is 0.134. The molecule has 0 saturated carbocycles. The number of carbonyl (C=O) groups excluding carboxylic acids is 2. The average Bonchev–Trinajstić information content (AvgIpc) is 2.75. The van der Waals surface area contributed by atoms with E-state index in [4.69, 9.17) is 5.26 Å². The quantitative estimate of drug-likeness (QED) is 0.576. The molecule has 1 fully saturated rings. The number of benzene rings is 2. The molecule has 0 aliphatic carbocycles. The van der Waals surface area contributed by atoms with Crippen LogP contribution in [0, 0.1) is 31.1 Å². The van der Waals surface area contributed by atoms with Crippen molar-refractivity contribution in [1.29, 1.82) is 5.26 Å². The van der Waals surface area contributed by atoms with E-state index >= 15 is 0 Å². The number of carbonyl (C=O) groups is 2. The summed E-state index contributed by atoms with van der Waals surface area (Å²) in [7, 11) is 0. The van der Waals surface area contributed by atoms with Gasteiger partial charge in [0.1, 0.15) is 0 Å². The standard InChI is InChI=1S/C26H29F3N4O2/c1-17-6-4-7-18(2)24(17)33(11-10-32-8-5-9-32)25(35)19(3)12-23(34)31-22-14-20(16-30)13-21(15-22)26(27,28)29/h4,6-7,13-15,19H,5,8-12H2,1-3H3,(H,31,34). The monoisotopic (exact) mass is 486 g/mol. The van der Waals surface area contributed by atoms with Crippen molar-refractivity contribution in [3.63, 3.8) is 0 Å². The highest BCUT2D eigenvalue weighted by Gasteiger charge is 2.32. The Balaban J connectivity index is 1.75. The zero-order valence-electron chi connectivity index (χ0n) is 20.1. The summed E-state index contributed by atoms with van der Waals surface area (Å²) >= 11 is 0. The molecule has 35 heavy (non-hydrogen) atoms. The highest BCUT2D eigenvalue weighted by Crippen LogP contribution is 2.32. The van der Waals surface area contributed by atoms with E-state index in [2.05, 4.69) is 10.2 Å². The molecular formula is C26H29F3N4O2. The molecule has 1 heterocycles. The van der Waals surface area contributed by atoms with Crippen LogP contribution in [0.25, 0.3) is 0 Å². The molecule has 0 aromatic heterocycles. The van der Waals surface area contributed by atoms with Crippen LogP contribution in [0.4, 0.5) is 24.5 Å². The van der Waals surface area contributed by atoms with Crippen molar-refractivity contribution < 1.29 is 22.8 Å². The first-order chi connectivity index (χ1) is 16.5. The smallest absolute Gasteiger partial charge is 0.326 e. The SMILES string of the molecule is Cc1cccc(C)c1N(CCN1CCC1)C(=O)C(C)CC(=O)Nc1cc(C#N)cc(C(F)(F)F)c1. The fraction of sp³-hybridized carbons (Fsp3) is 0.423. The molecule has 9 heteroatoms. The van der Waals surface area contributed by atoms with Crippen molar-refractivity contribution >= 4 is 23.2 Å². The third-order valence-corrected chi connectivity index (χ3v) is 6.15. The number of hydrogen-bond acceptors (Lipinski definition) is 4. The van der Waals surface area contributed by atoms with Crippen LogP contribution >= 0.6 is 0 Å². The molecule has 3 rings (SSSR count). The number of halogens is 3. The van der Waals surface area contributed by atoms with Crippen molar-refractivity contribution in [2.45, 2.75) is 39.8 Å². The number of anilines is 2. The van der Waals surface area contributed by atoms with E-state index in [9.17, 15) is 22.8 Å². The highest BCUT2D eigenvalue weighted by molar-refractivity contribution is 6.00. The van der Waals surface area contributed by atoms with Gasteiger partial charge in [0.05, 0.1) is 17.2 Å². The van der Waals surface area contributed by atoms with Crippen LogP contribution in [0.5, 0.6) is 0 Å². The molecule has 2 amide bonds. The first kappa shape index (κ1) is 26.2. The number of rotatable bonds is 8. The maximum absolute atomic E-state index is 13.5. The summed E-state index contributed by atoms with van der Waals surface area (Å²) < 4.78 is 39.4. The van der Waals surface area contributed by atoms with Gasteiger partial charge in [-0.05, 0) is 62.7 Å².